The van der Waals surface area contributed by atoms with Gasteiger partial charge in [-0.05, 0) is 127 Å². The van der Waals surface area contributed by atoms with Crippen molar-refractivity contribution < 1.29 is 29.0 Å². The van der Waals surface area contributed by atoms with Gasteiger partial charge in [0.25, 0.3) is 11.8 Å². The standard InChI is InChI=1S/C23H26N2O3.C21H22N2O3/c1-4-28-22(26)14-6-16-5-12-20-18(15-16)9-13-21(20)24-23(27)17-7-10-19(11-8-17)25(2)3;1-23(2)17-8-5-15(6-9-17)21(26)22-19-11-7-16-13-14(3-10-18(16)19)4-12-20(24)25/h5-8,10-12,14-15,21H,4,9,13H2,1-3H3,(H,24,27);3-6,8-10,12-13,19H,7,11H2,1-2H3,(H,22,26)(H,24,25)/b14-6+;12-4+. The van der Waals surface area contributed by atoms with Crippen LogP contribution in [0, 0.1) is 0 Å². The molecule has 2 aliphatic carbocycles. The zero-order valence-corrected chi connectivity index (χ0v) is 31.5. The molecule has 0 heterocycles. The number of anilines is 2. The van der Waals surface area contributed by atoms with E-state index in [1.54, 1.807) is 19.1 Å². The van der Waals surface area contributed by atoms with E-state index >= 15 is 0 Å². The number of carbonyl (C=O) groups excluding carboxylic acids is 3. The monoisotopic (exact) mass is 728 g/mol. The third kappa shape index (κ3) is 10.2. The van der Waals surface area contributed by atoms with Crippen molar-refractivity contribution in [2.75, 3.05) is 44.6 Å². The van der Waals surface area contributed by atoms with Crippen molar-refractivity contribution in [2.24, 2.45) is 0 Å². The summed E-state index contributed by atoms with van der Waals surface area (Å²) >= 11 is 0. The molecule has 280 valence electrons. The average Bonchev–Trinajstić information content (AvgIpc) is 3.76. The van der Waals surface area contributed by atoms with Gasteiger partial charge in [-0.2, -0.15) is 0 Å². The van der Waals surface area contributed by atoms with Crippen LogP contribution in [0.15, 0.2) is 97.1 Å². The van der Waals surface area contributed by atoms with E-state index in [-0.39, 0.29) is 29.9 Å². The first-order chi connectivity index (χ1) is 25.9. The van der Waals surface area contributed by atoms with E-state index in [4.69, 9.17) is 9.84 Å². The molecule has 0 aliphatic heterocycles. The fourth-order valence-electron chi connectivity index (χ4n) is 6.61. The molecule has 2 atom stereocenters. The minimum Gasteiger partial charge on any atom is -0.478 e. The van der Waals surface area contributed by atoms with Crippen LogP contribution in [-0.4, -0.2) is 63.7 Å². The molecule has 54 heavy (non-hydrogen) atoms. The molecular formula is C44H48N4O6. The van der Waals surface area contributed by atoms with Gasteiger partial charge in [-0.3, -0.25) is 9.59 Å². The molecule has 0 bridgehead atoms. The molecule has 10 heteroatoms. The number of hydrogen-bond donors (Lipinski definition) is 3. The van der Waals surface area contributed by atoms with E-state index in [0.717, 1.165) is 71.0 Å². The molecule has 6 rings (SSSR count). The summed E-state index contributed by atoms with van der Waals surface area (Å²) < 4.78 is 4.90. The van der Waals surface area contributed by atoms with Crippen molar-refractivity contribution >= 4 is 47.3 Å². The summed E-state index contributed by atoms with van der Waals surface area (Å²) in [6.45, 7) is 2.15. The number of nitrogens with zero attached hydrogens (tertiary/aromatic N) is 2. The number of carboxylic acid groups (broad SMARTS) is 1. The second-order valence-corrected chi connectivity index (χ2v) is 13.7. The minimum absolute atomic E-state index is 0.0106. The van der Waals surface area contributed by atoms with Crippen LogP contribution in [0.3, 0.4) is 0 Å². The molecule has 0 fully saturated rings. The molecule has 0 aromatic heterocycles. The Balaban J connectivity index is 0.000000208. The fraction of sp³-hybridized carbons (Fsp3) is 0.273. The number of amides is 2. The van der Waals surface area contributed by atoms with Crippen molar-refractivity contribution in [3.8, 4) is 0 Å². The second-order valence-electron chi connectivity index (χ2n) is 13.7. The van der Waals surface area contributed by atoms with Crippen LogP contribution < -0.4 is 20.4 Å². The molecule has 0 saturated heterocycles. The lowest BCUT2D eigenvalue weighted by atomic mass is 10.0. The SMILES string of the molecule is CCOC(=O)/C=C/c1ccc2c(c1)CCC2NC(=O)c1ccc(N(C)C)cc1.CN(C)c1ccc(C(=O)NC2CCc3cc(/C=C/C(=O)O)ccc32)cc1. The number of carboxylic acids is 1. The Morgan fingerprint density at radius 3 is 1.48 bits per heavy atom. The highest BCUT2D eigenvalue weighted by molar-refractivity contribution is 5.95. The van der Waals surface area contributed by atoms with Gasteiger partial charge in [0.2, 0.25) is 0 Å². The maximum Gasteiger partial charge on any atom is 0.330 e. The van der Waals surface area contributed by atoms with E-state index in [0.29, 0.717) is 17.7 Å². The maximum atomic E-state index is 12.6. The largest absolute Gasteiger partial charge is 0.478 e. The highest BCUT2D eigenvalue weighted by Gasteiger charge is 2.25. The zero-order chi connectivity index (χ0) is 38.8. The Morgan fingerprint density at radius 2 is 1.09 bits per heavy atom. The van der Waals surface area contributed by atoms with Gasteiger partial charge >= 0.3 is 11.9 Å². The van der Waals surface area contributed by atoms with E-state index in [9.17, 15) is 19.2 Å². The van der Waals surface area contributed by atoms with Gasteiger partial charge in [-0.1, -0.05) is 36.4 Å². The van der Waals surface area contributed by atoms with Crippen molar-refractivity contribution in [3.63, 3.8) is 0 Å². The second kappa shape index (κ2) is 18.1. The third-order valence-corrected chi connectivity index (χ3v) is 9.51. The predicted octanol–water partition coefficient (Wildman–Crippen LogP) is 7.01. The maximum absolute atomic E-state index is 12.6. The number of fused-ring (bicyclic) bond motifs is 2. The van der Waals surface area contributed by atoms with Crippen LogP contribution >= 0.6 is 0 Å². The summed E-state index contributed by atoms with van der Waals surface area (Å²) in [6.07, 6.45) is 9.42. The highest BCUT2D eigenvalue weighted by atomic mass is 16.5. The molecule has 4 aromatic carbocycles. The number of benzene rings is 4. The number of hydrogen-bond acceptors (Lipinski definition) is 7. The first-order valence-corrected chi connectivity index (χ1v) is 18.1. The molecule has 0 saturated carbocycles. The summed E-state index contributed by atoms with van der Waals surface area (Å²) in [7, 11) is 7.87. The van der Waals surface area contributed by atoms with Gasteiger partial charge in [-0.15, -0.1) is 0 Å². The number of esters is 1. The lowest BCUT2D eigenvalue weighted by Gasteiger charge is -2.16. The van der Waals surface area contributed by atoms with Gasteiger partial charge in [0.15, 0.2) is 0 Å². The topological polar surface area (TPSA) is 128 Å². The smallest absolute Gasteiger partial charge is 0.330 e. The Hall–Kier alpha value is -6.16. The van der Waals surface area contributed by atoms with Crippen LogP contribution in [-0.2, 0) is 27.2 Å². The van der Waals surface area contributed by atoms with Crippen LogP contribution in [0.5, 0.6) is 0 Å². The van der Waals surface area contributed by atoms with Gasteiger partial charge in [-0.25, -0.2) is 9.59 Å². The molecule has 2 unspecified atom stereocenters. The zero-order valence-electron chi connectivity index (χ0n) is 31.5. The Bertz CT molecular complexity index is 2030. The quantitative estimate of drug-likeness (QED) is 0.111. The number of rotatable bonds is 11. The van der Waals surface area contributed by atoms with E-state index < -0.39 is 5.97 Å². The summed E-state index contributed by atoms with van der Waals surface area (Å²) in [6, 6.07) is 27.0. The molecule has 2 amide bonds. The number of carbonyl (C=O) groups is 4. The van der Waals surface area contributed by atoms with Gasteiger partial charge < -0.3 is 30.3 Å². The average molecular weight is 729 g/mol. The van der Waals surface area contributed by atoms with Gasteiger partial charge in [0.05, 0.1) is 18.7 Å². The summed E-state index contributed by atoms with van der Waals surface area (Å²) in [5.41, 5.74) is 9.85. The Labute approximate surface area is 317 Å². The predicted molar refractivity (Wildman–Crippen MR) is 214 cm³/mol. The number of aryl methyl sites for hydroxylation is 2. The van der Waals surface area contributed by atoms with Crippen molar-refractivity contribution in [2.45, 2.75) is 44.7 Å². The molecule has 0 spiro atoms. The highest BCUT2D eigenvalue weighted by Crippen LogP contribution is 2.33. The molecule has 3 N–H and O–H groups in total. The number of ether oxygens (including phenoxy) is 1. The molecular weight excluding hydrogens is 681 g/mol. The Morgan fingerprint density at radius 1 is 0.667 bits per heavy atom. The number of nitrogens with one attached hydrogen (secondary N) is 2. The van der Waals surface area contributed by atoms with Crippen molar-refractivity contribution in [3.05, 3.63) is 142 Å². The molecule has 0 radical (unpaired) electrons. The van der Waals surface area contributed by atoms with Gasteiger partial charge in [0, 0.05) is 62.8 Å². The van der Waals surface area contributed by atoms with E-state index in [1.807, 2.05) is 117 Å². The normalized spacial score (nSPS) is 15.5. The summed E-state index contributed by atoms with van der Waals surface area (Å²) in [4.78, 5) is 51.2. The van der Waals surface area contributed by atoms with Crippen LogP contribution in [0.2, 0.25) is 0 Å². The van der Waals surface area contributed by atoms with Gasteiger partial charge in [0.1, 0.15) is 0 Å². The summed E-state index contributed by atoms with van der Waals surface area (Å²) in [5, 5.41) is 15.0. The third-order valence-electron chi connectivity index (χ3n) is 9.51. The minimum atomic E-state index is -0.962. The summed E-state index contributed by atoms with van der Waals surface area (Å²) in [5.74, 6) is -1.44. The lowest BCUT2D eigenvalue weighted by molar-refractivity contribution is -0.137. The van der Waals surface area contributed by atoms with Crippen molar-refractivity contribution in [1.82, 2.24) is 10.6 Å². The van der Waals surface area contributed by atoms with E-state index in [1.165, 1.54) is 11.6 Å². The van der Waals surface area contributed by atoms with Crippen molar-refractivity contribution in [1.29, 1.82) is 0 Å². The first-order valence-electron chi connectivity index (χ1n) is 18.1. The number of aliphatic carboxylic acids is 1. The lowest BCUT2D eigenvalue weighted by Crippen LogP contribution is -2.27. The first kappa shape index (κ1) is 39.1. The van der Waals surface area contributed by atoms with Crippen LogP contribution in [0.1, 0.15) is 85.9 Å². The molecule has 2 aliphatic rings. The molecule has 10 nitrogen and oxygen atoms in total. The fourth-order valence-corrected chi connectivity index (χ4v) is 6.61. The van der Waals surface area contributed by atoms with Crippen LogP contribution in [0.25, 0.3) is 12.2 Å². The Kier molecular flexibility index (Phi) is 13.1. The van der Waals surface area contributed by atoms with Crippen LogP contribution in [0.4, 0.5) is 11.4 Å². The van der Waals surface area contributed by atoms with E-state index in [2.05, 4.69) is 16.7 Å². The molecule has 4 aromatic rings.